The molecule has 19 heavy (non-hydrogen) atoms. The predicted octanol–water partition coefficient (Wildman–Crippen LogP) is 2.93. The van der Waals surface area contributed by atoms with Gasteiger partial charge in [0.05, 0.1) is 0 Å². The van der Waals surface area contributed by atoms with Crippen molar-refractivity contribution >= 4 is 11.6 Å². The summed E-state index contributed by atoms with van der Waals surface area (Å²) in [5, 5.41) is 2.78. The number of nitrogens with one attached hydrogen (secondary N) is 1. The fraction of sp³-hybridized carbons (Fsp3) is 0.357. The van der Waals surface area contributed by atoms with Crippen LogP contribution in [0.15, 0.2) is 28.9 Å². The number of pyridine rings is 1. The van der Waals surface area contributed by atoms with Crippen molar-refractivity contribution in [2.24, 2.45) is 0 Å². The molecule has 0 spiro atoms. The maximum Gasteiger partial charge on any atom is 0.277 e. The highest BCUT2D eigenvalue weighted by molar-refractivity contribution is 6.03. The van der Waals surface area contributed by atoms with Crippen molar-refractivity contribution in [3.63, 3.8) is 0 Å². The van der Waals surface area contributed by atoms with Crippen LogP contribution in [0, 0.1) is 6.92 Å². The molecule has 0 unspecified atom stereocenters. The number of oxazole rings is 1. The largest absolute Gasteiger partial charge is 0.445 e. The quantitative estimate of drug-likeness (QED) is 0.900. The fourth-order valence-electron chi connectivity index (χ4n) is 1.71. The molecule has 2 heterocycles. The normalized spacial score (nSPS) is 11.4. The topological polar surface area (TPSA) is 68.0 Å². The van der Waals surface area contributed by atoms with Crippen LogP contribution in [0.1, 0.15) is 42.9 Å². The molecule has 0 saturated heterocycles. The molecule has 2 aromatic rings. The fourth-order valence-corrected chi connectivity index (χ4v) is 1.71. The van der Waals surface area contributed by atoms with E-state index in [9.17, 15) is 4.79 Å². The molecule has 0 saturated carbocycles. The van der Waals surface area contributed by atoms with Crippen molar-refractivity contribution in [2.45, 2.75) is 33.1 Å². The molecule has 1 amide bonds. The zero-order chi connectivity index (χ0) is 14.0. The SMILES string of the molecule is Cc1nc(C(=O)Nc2ccncc2)c(C(C)(C)C)o1. The lowest BCUT2D eigenvalue weighted by atomic mass is 9.91. The molecule has 0 aliphatic heterocycles. The van der Waals surface area contributed by atoms with Crippen LogP contribution in [-0.2, 0) is 5.41 Å². The van der Waals surface area contributed by atoms with Crippen molar-refractivity contribution in [1.82, 2.24) is 9.97 Å². The van der Waals surface area contributed by atoms with Crippen molar-refractivity contribution in [3.8, 4) is 0 Å². The van der Waals surface area contributed by atoms with E-state index in [1.165, 1.54) is 0 Å². The summed E-state index contributed by atoms with van der Waals surface area (Å²) in [6.45, 7) is 7.68. The third-order valence-corrected chi connectivity index (χ3v) is 2.57. The zero-order valence-corrected chi connectivity index (χ0v) is 11.5. The average Bonchev–Trinajstić information content (AvgIpc) is 2.72. The maximum absolute atomic E-state index is 12.2. The second-order valence-electron chi connectivity index (χ2n) is 5.35. The molecule has 0 aromatic carbocycles. The van der Waals surface area contributed by atoms with Gasteiger partial charge < -0.3 is 9.73 Å². The lowest BCUT2D eigenvalue weighted by molar-refractivity contribution is 0.101. The molecule has 0 radical (unpaired) electrons. The van der Waals surface area contributed by atoms with Gasteiger partial charge in [0.1, 0.15) is 5.76 Å². The highest BCUT2D eigenvalue weighted by Crippen LogP contribution is 2.27. The minimum absolute atomic E-state index is 0.270. The van der Waals surface area contributed by atoms with Gasteiger partial charge in [0, 0.05) is 30.4 Å². The van der Waals surface area contributed by atoms with Crippen LogP contribution < -0.4 is 5.32 Å². The number of aromatic nitrogens is 2. The van der Waals surface area contributed by atoms with Crippen LogP contribution in [0.4, 0.5) is 5.69 Å². The van der Waals surface area contributed by atoms with Gasteiger partial charge in [-0.1, -0.05) is 20.8 Å². The molecular weight excluding hydrogens is 242 g/mol. The number of anilines is 1. The Morgan fingerprint density at radius 2 is 1.89 bits per heavy atom. The number of carbonyl (C=O) groups is 1. The third kappa shape index (κ3) is 2.99. The molecule has 0 aliphatic carbocycles. The second kappa shape index (κ2) is 4.84. The highest BCUT2D eigenvalue weighted by Gasteiger charge is 2.28. The van der Waals surface area contributed by atoms with Crippen molar-refractivity contribution < 1.29 is 9.21 Å². The molecule has 5 heteroatoms. The Morgan fingerprint density at radius 1 is 1.26 bits per heavy atom. The molecule has 1 N–H and O–H groups in total. The Balaban J connectivity index is 2.30. The molecule has 5 nitrogen and oxygen atoms in total. The Hall–Kier alpha value is -2.17. The van der Waals surface area contributed by atoms with Gasteiger partial charge in [0.2, 0.25) is 0 Å². The zero-order valence-electron chi connectivity index (χ0n) is 11.5. The average molecular weight is 259 g/mol. The smallest absolute Gasteiger partial charge is 0.277 e. The number of nitrogens with zero attached hydrogens (tertiary/aromatic N) is 2. The molecule has 0 atom stereocenters. The van der Waals surface area contributed by atoms with E-state index in [2.05, 4.69) is 15.3 Å². The van der Waals surface area contributed by atoms with Gasteiger partial charge in [-0.3, -0.25) is 9.78 Å². The molecule has 100 valence electrons. The van der Waals surface area contributed by atoms with E-state index in [4.69, 9.17) is 4.42 Å². The number of hydrogen-bond acceptors (Lipinski definition) is 4. The van der Waals surface area contributed by atoms with Gasteiger partial charge in [0.15, 0.2) is 11.6 Å². The maximum atomic E-state index is 12.2. The van der Waals surface area contributed by atoms with E-state index >= 15 is 0 Å². The standard InChI is InChI=1S/C14H17N3O2/c1-9-16-11(12(19-9)14(2,3)4)13(18)17-10-5-7-15-8-6-10/h5-8H,1-4H3,(H,15,17,18). The van der Waals surface area contributed by atoms with Gasteiger partial charge in [0.25, 0.3) is 5.91 Å². The molecule has 0 bridgehead atoms. The van der Waals surface area contributed by atoms with E-state index < -0.39 is 0 Å². The summed E-state index contributed by atoms with van der Waals surface area (Å²) in [4.78, 5) is 20.3. The first-order valence-corrected chi connectivity index (χ1v) is 6.07. The minimum Gasteiger partial charge on any atom is -0.445 e. The van der Waals surface area contributed by atoms with E-state index in [1.807, 2.05) is 20.8 Å². The van der Waals surface area contributed by atoms with E-state index in [-0.39, 0.29) is 11.3 Å². The summed E-state index contributed by atoms with van der Waals surface area (Å²) in [5.41, 5.74) is 0.744. The van der Waals surface area contributed by atoms with E-state index in [0.29, 0.717) is 23.0 Å². The van der Waals surface area contributed by atoms with E-state index in [1.54, 1.807) is 31.5 Å². The van der Waals surface area contributed by atoms with Gasteiger partial charge in [-0.25, -0.2) is 4.98 Å². The van der Waals surface area contributed by atoms with Crippen LogP contribution in [0.2, 0.25) is 0 Å². The van der Waals surface area contributed by atoms with Gasteiger partial charge >= 0.3 is 0 Å². The third-order valence-electron chi connectivity index (χ3n) is 2.57. The number of carbonyl (C=O) groups excluding carboxylic acids is 1. The van der Waals surface area contributed by atoms with Crippen molar-refractivity contribution in [2.75, 3.05) is 5.32 Å². The number of rotatable bonds is 2. The number of aryl methyl sites for hydroxylation is 1. The minimum atomic E-state index is -0.272. The Bertz CT molecular complexity index is 582. The summed E-state index contributed by atoms with van der Waals surface area (Å²) >= 11 is 0. The van der Waals surface area contributed by atoms with Crippen LogP contribution in [0.5, 0.6) is 0 Å². The first-order chi connectivity index (χ1) is 8.88. The van der Waals surface area contributed by atoms with Gasteiger partial charge in [-0.15, -0.1) is 0 Å². The van der Waals surface area contributed by atoms with E-state index in [0.717, 1.165) is 0 Å². The predicted molar refractivity (Wildman–Crippen MR) is 72.1 cm³/mol. The number of hydrogen-bond donors (Lipinski definition) is 1. The van der Waals surface area contributed by atoms with Crippen LogP contribution in [0.25, 0.3) is 0 Å². The summed E-state index contributed by atoms with van der Waals surface area (Å²) in [6, 6.07) is 3.45. The number of amides is 1. The monoisotopic (exact) mass is 259 g/mol. The molecule has 0 fully saturated rings. The van der Waals surface area contributed by atoms with Crippen LogP contribution >= 0.6 is 0 Å². The summed E-state index contributed by atoms with van der Waals surface area (Å²) < 4.78 is 5.55. The molecule has 2 aromatic heterocycles. The molecule has 0 aliphatic rings. The molecular formula is C14H17N3O2. The second-order valence-corrected chi connectivity index (χ2v) is 5.35. The first kappa shape index (κ1) is 13.3. The van der Waals surface area contributed by atoms with Crippen molar-refractivity contribution in [1.29, 1.82) is 0 Å². The van der Waals surface area contributed by atoms with Gasteiger partial charge in [-0.05, 0) is 12.1 Å². The lowest BCUT2D eigenvalue weighted by Gasteiger charge is -2.15. The summed E-state index contributed by atoms with van der Waals surface area (Å²) in [7, 11) is 0. The summed E-state index contributed by atoms with van der Waals surface area (Å²) in [6.07, 6.45) is 3.24. The van der Waals surface area contributed by atoms with Gasteiger partial charge in [-0.2, -0.15) is 0 Å². The summed E-state index contributed by atoms with van der Waals surface area (Å²) in [5.74, 6) is 0.814. The van der Waals surface area contributed by atoms with Crippen molar-refractivity contribution in [3.05, 3.63) is 41.9 Å². The first-order valence-electron chi connectivity index (χ1n) is 6.07. The Kier molecular flexibility index (Phi) is 3.38. The van der Waals surface area contributed by atoms with Crippen LogP contribution in [0.3, 0.4) is 0 Å². The Labute approximate surface area is 112 Å². The van der Waals surface area contributed by atoms with Crippen LogP contribution in [-0.4, -0.2) is 15.9 Å². The lowest BCUT2D eigenvalue weighted by Crippen LogP contribution is -2.20. The highest BCUT2D eigenvalue weighted by atomic mass is 16.4. The Morgan fingerprint density at radius 3 is 2.47 bits per heavy atom. The molecule has 2 rings (SSSR count).